The number of aryl methyl sites for hydroxylation is 1. The topological polar surface area (TPSA) is 102 Å². The minimum Gasteiger partial charge on any atom is -0.493 e. The summed E-state index contributed by atoms with van der Waals surface area (Å²) in [4.78, 5) is 19.0. The molecule has 1 aliphatic heterocycles. The largest absolute Gasteiger partial charge is 0.493 e. The van der Waals surface area contributed by atoms with Crippen molar-refractivity contribution in [1.29, 1.82) is 0 Å². The zero-order valence-electron chi connectivity index (χ0n) is 23.2. The Morgan fingerprint density at radius 3 is 2.74 bits per heavy atom. The molecule has 0 radical (unpaired) electrons. The summed E-state index contributed by atoms with van der Waals surface area (Å²) in [7, 11) is 0. The van der Waals surface area contributed by atoms with Crippen LogP contribution in [0, 0.1) is 23.3 Å². The Kier molecular flexibility index (Phi) is 7.28. The van der Waals surface area contributed by atoms with Gasteiger partial charge in [0.15, 0.2) is 23.3 Å². The number of hydrogen-bond acceptors (Lipinski definition) is 6. The lowest BCUT2D eigenvalue weighted by Crippen LogP contribution is -2.33. The fourth-order valence-corrected chi connectivity index (χ4v) is 5.33. The number of carbonyl (C=O) groups excluding carboxylic acids is 1. The fourth-order valence-electron chi connectivity index (χ4n) is 5.33. The first kappa shape index (κ1) is 28.3. The first-order valence-electron chi connectivity index (χ1n) is 13.7. The van der Waals surface area contributed by atoms with Gasteiger partial charge in [-0.25, -0.2) is 18.2 Å². The molecule has 3 aromatic carbocycles. The van der Waals surface area contributed by atoms with Gasteiger partial charge in [-0.05, 0) is 56.5 Å². The van der Waals surface area contributed by atoms with Gasteiger partial charge in [-0.1, -0.05) is 18.2 Å². The number of nitrogens with one attached hydrogen (secondary N) is 2. The number of benzene rings is 3. The van der Waals surface area contributed by atoms with Gasteiger partial charge in [0.25, 0.3) is 0 Å². The minimum atomic E-state index is -1.52. The number of para-hydroxylation sites is 1. The van der Waals surface area contributed by atoms with Crippen LogP contribution in [0.2, 0.25) is 0 Å². The van der Waals surface area contributed by atoms with Gasteiger partial charge in [0.05, 0.1) is 29.7 Å². The lowest BCUT2D eigenvalue weighted by atomic mass is 9.76. The smallest absolute Gasteiger partial charge is 0.306 e. The van der Waals surface area contributed by atoms with Crippen molar-refractivity contribution in [3.63, 3.8) is 0 Å². The normalized spacial score (nSPS) is 16.1. The third-order valence-corrected chi connectivity index (χ3v) is 7.63. The van der Waals surface area contributed by atoms with E-state index in [9.17, 15) is 18.0 Å². The summed E-state index contributed by atoms with van der Waals surface area (Å²) in [6, 6.07) is 10.3. The zero-order valence-corrected chi connectivity index (χ0v) is 23.2. The maximum Gasteiger partial charge on any atom is 0.306 e. The van der Waals surface area contributed by atoms with Gasteiger partial charge in [0.2, 0.25) is 11.6 Å². The molecule has 0 aliphatic carbocycles. The summed E-state index contributed by atoms with van der Waals surface area (Å²) in [5.41, 5.74) is 0.543. The van der Waals surface area contributed by atoms with E-state index in [1.165, 1.54) is 24.4 Å². The Bertz CT molecular complexity index is 1850. The minimum absolute atomic E-state index is 0.0545. The van der Waals surface area contributed by atoms with Crippen LogP contribution in [0.25, 0.3) is 22.3 Å². The molecule has 2 N–H and O–H groups in total. The first-order chi connectivity index (χ1) is 20.7. The number of aromatic nitrogens is 4. The van der Waals surface area contributed by atoms with Gasteiger partial charge in [-0.3, -0.25) is 9.89 Å². The van der Waals surface area contributed by atoms with Crippen molar-refractivity contribution in [1.82, 2.24) is 20.2 Å². The molecule has 222 valence electrons. The van der Waals surface area contributed by atoms with Crippen LogP contribution in [-0.2, 0) is 21.4 Å². The van der Waals surface area contributed by atoms with E-state index < -0.39 is 34.4 Å². The standard InChI is InChI=1S/C31H26F4N4O4/c1-3-41-22(40)10-7-16-5-4-6-20-27(16)42-14-12-31(20,2)30-37-29(38-39-30)19-15-17(8-9-21(19)32)43-28-23(33)18-11-13-36-26(18)24(34)25(28)35/h4-6,8-9,11,13,15,36H,3,7,10,12,14H2,1-2H3,(H,37,38,39)/t31-/m1/s1. The maximum atomic E-state index is 15.0. The average molecular weight is 595 g/mol. The quantitative estimate of drug-likeness (QED) is 0.115. The van der Waals surface area contributed by atoms with E-state index in [1.807, 2.05) is 25.1 Å². The van der Waals surface area contributed by atoms with E-state index in [1.54, 1.807) is 6.92 Å². The van der Waals surface area contributed by atoms with Crippen molar-refractivity contribution < 1.29 is 36.6 Å². The number of fused-ring (bicyclic) bond motifs is 2. The first-order valence-corrected chi connectivity index (χ1v) is 13.7. The highest BCUT2D eigenvalue weighted by Crippen LogP contribution is 2.44. The summed E-state index contributed by atoms with van der Waals surface area (Å²) >= 11 is 0. The van der Waals surface area contributed by atoms with E-state index in [2.05, 4.69) is 20.2 Å². The van der Waals surface area contributed by atoms with Crippen LogP contribution < -0.4 is 9.47 Å². The molecule has 1 aliphatic rings. The molecule has 0 saturated carbocycles. The van der Waals surface area contributed by atoms with E-state index in [0.29, 0.717) is 37.6 Å². The molecule has 0 amide bonds. The van der Waals surface area contributed by atoms with Crippen LogP contribution in [0.15, 0.2) is 48.7 Å². The molecule has 0 spiro atoms. The second-order valence-corrected chi connectivity index (χ2v) is 10.3. The van der Waals surface area contributed by atoms with Gasteiger partial charge in [0, 0.05) is 23.6 Å². The van der Waals surface area contributed by atoms with Crippen LogP contribution >= 0.6 is 0 Å². The Morgan fingerprint density at radius 2 is 1.93 bits per heavy atom. The van der Waals surface area contributed by atoms with Crippen LogP contribution in [0.3, 0.4) is 0 Å². The van der Waals surface area contributed by atoms with Gasteiger partial charge < -0.3 is 19.2 Å². The summed E-state index contributed by atoms with van der Waals surface area (Å²) in [6.45, 7) is 4.37. The SMILES string of the molecule is CCOC(=O)CCc1cccc2c1OCC[C@@]2(C)c1n[nH]c(-c2cc(Oc3c(F)c(F)c4[nH]ccc4c3F)ccc2F)n1. The van der Waals surface area contributed by atoms with E-state index in [-0.39, 0.29) is 40.4 Å². The number of aromatic amines is 2. The zero-order chi connectivity index (χ0) is 30.3. The second-order valence-electron chi connectivity index (χ2n) is 10.3. The molecule has 0 saturated heterocycles. The molecule has 0 unspecified atom stereocenters. The Balaban J connectivity index is 1.31. The molecule has 6 rings (SSSR count). The number of esters is 1. The Labute approximate surface area is 243 Å². The number of H-pyrrole nitrogens is 2. The lowest BCUT2D eigenvalue weighted by molar-refractivity contribution is -0.143. The monoisotopic (exact) mass is 594 g/mol. The van der Waals surface area contributed by atoms with E-state index in [4.69, 9.17) is 14.2 Å². The summed E-state index contributed by atoms with van der Waals surface area (Å²) in [6.07, 6.45) is 2.43. The summed E-state index contributed by atoms with van der Waals surface area (Å²) < 4.78 is 75.6. The van der Waals surface area contributed by atoms with Crippen molar-refractivity contribution in [3.8, 4) is 28.6 Å². The summed E-state index contributed by atoms with van der Waals surface area (Å²) in [5, 5.41) is 6.96. The van der Waals surface area contributed by atoms with Crippen LogP contribution in [-0.4, -0.2) is 39.3 Å². The van der Waals surface area contributed by atoms with Gasteiger partial charge in [-0.15, -0.1) is 0 Å². The van der Waals surface area contributed by atoms with Crippen molar-refractivity contribution >= 4 is 16.9 Å². The van der Waals surface area contributed by atoms with E-state index >= 15 is 4.39 Å². The number of ether oxygens (including phenoxy) is 3. The lowest BCUT2D eigenvalue weighted by Gasteiger charge is -2.34. The average Bonchev–Trinajstić information content (AvgIpc) is 3.70. The van der Waals surface area contributed by atoms with Crippen molar-refractivity contribution in [2.75, 3.05) is 13.2 Å². The highest BCUT2D eigenvalue weighted by molar-refractivity contribution is 5.82. The molecule has 5 aromatic rings. The van der Waals surface area contributed by atoms with Crippen LogP contribution in [0.4, 0.5) is 17.6 Å². The van der Waals surface area contributed by atoms with Crippen LogP contribution in [0.5, 0.6) is 17.2 Å². The van der Waals surface area contributed by atoms with Gasteiger partial charge >= 0.3 is 5.97 Å². The van der Waals surface area contributed by atoms with E-state index in [0.717, 1.165) is 17.2 Å². The molecular weight excluding hydrogens is 568 g/mol. The number of hydrogen-bond donors (Lipinski definition) is 2. The van der Waals surface area contributed by atoms with Crippen molar-refractivity contribution in [2.45, 2.75) is 38.5 Å². The third-order valence-electron chi connectivity index (χ3n) is 7.63. The Morgan fingerprint density at radius 1 is 1.09 bits per heavy atom. The molecular formula is C31H26F4N4O4. The highest BCUT2D eigenvalue weighted by Gasteiger charge is 2.39. The summed E-state index contributed by atoms with van der Waals surface area (Å²) in [5.74, 6) is -4.94. The van der Waals surface area contributed by atoms with Crippen LogP contribution in [0.1, 0.15) is 43.6 Å². The highest BCUT2D eigenvalue weighted by atomic mass is 19.2. The van der Waals surface area contributed by atoms with Gasteiger partial charge in [-0.2, -0.15) is 9.49 Å². The molecule has 2 aromatic heterocycles. The number of rotatable bonds is 8. The molecule has 3 heterocycles. The number of halogens is 4. The predicted molar refractivity (Wildman–Crippen MR) is 148 cm³/mol. The molecule has 12 heteroatoms. The predicted octanol–water partition coefficient (Wildman–Crippen LogP) is 6.89. The number of nitrogens with zero attached hydrogens (tertiary/aromatic N) is 2. The maximum absolute atomic E-state index is 15.0. The third kappa shape index (κ3) is 4.96. The fraction of sp³-hybridized carbons (Fsp3) is 0.258. The molecule has 0 bridgehead atoms. The molecule has 0 fully saturated rings. The Hall–Kier alpha value is -4.87. The van der Waals surface area contributed by atoms with Crippen molar-refractivity contribution in [3.05, 3.63) is 88.9 Å². The molecule has 43 heavy (non-hydrogen) atoms. The molecule has 8 nitrogen and oxygen atoms in total. The molecule has 1 atom stereocenters. The van der Waals surface area contributed by atoms with Gasteiger partial charge in [0.1, 0.15) is 17.3 Å². The number of carbonyl (C=O) groups is 1. The van der Waals surface area contributed by atoms with Crippen molar-refractivity contribution in [2.24, 2.45) is 0 Å². The second kappa shape index (κ2) is 11.1.